The average Bonchev–Trinajstić information content (AvgIpc) is 3.12. The Bertz CT molecular complexity index is 576. The van der Waals surface area contributed by atoms with Crippen molar-refractivity contribution in [2.45, 2.75) is 31.6 Å². The summed E-state index contributed by atoms with van der Waals surface area (Å²) in [5.41, 5.74) is 5.72. The molecule has 2 bridgehead atoms. The molecule has 0 spiro atoms. The Morgan fingerprint density at radius 1 is 1.28 bits per heavy atom. The van der Waals surface area contributed by atoms with E-state index in [-0.39, 0.29) is 0 Å². The van der Waals surface area contributed by atoms with E-state index in [9.17, 15) is 0 Å². The van der Waals surface area contributed by atoms with E-state index >= 15 is 0 Å². The highest BCUT2D eigenvalue weighted by atomic mass is 32.1. The molecule has 5 heteroatoms. The first kappa shape index (κ1) is 10.6. The van der Waals surface area contributed by atoms with E-state index in [1.54, 1.807) is 0 Å². The first-order chi connectivity index (χ1) is 8.79. The van der Waals surface area contributed by atoms with E-state index in [1.165, 1.54) is 37.0 Å². The summed E-state index contributed by atoms with van der Waals surface area (Å²) in [6.45, 7) is 0. The first-order valence-electron chi connectivity index (χ1n) is 6.49. The van der Waals surface area contributed by atoms with Gasteiger partial charge in [0.25, 0.3) is 5.89 Å². The number of nitrogens with zero attached hydrogens (tertiary/aromatic N) is 2. The molecule has 94 valence electrons. The van der Waals surface area contributed by atoms with Crippen molar-refractivity contribution < 1.29 is 4.52 Å². The molecule has 2 aliphatic rings. The summed E-state index contributed by atoms with van der Waals surface area (Å²) >= 11 is 1.49. The van der Waals surface area contributed by atoms with Gasteiger partial charge in [-0.1, -0.05) is 11.6 Å². The fourth-order valence-corrected chi connectivity index (χ4v) is 4.21. The van der Waals surface area contributed by atoms with Crippen molar-refractivity contribution in [3.63, 3.8) is 0 Å². The Labute approximate surface area is 109 Å². The first-order valence-corrected chi connectivity index (χ1v) is 7.30. The molecule has 0 aromatic carbocycles. The Hall–Kier alpha value is -1.36. The van der Waals surface area contributed by atoms with Gasteiger partial charge in [-0.3, -0.25) is 0 Å². The van der Waals surface area contributed by atoms with Gasteiger partial charge in [0.1, 0.15) is 0 Å². The van der Waals surface area contributed by atoms with Crippen LogP contribution in [0.25, 0.3) is 10.8 Å². The summed E-state index contributed by atoms with van der Waals surface area (Å²) in [5, 5.41) is 4.96. The van der Waals surface area contributed by atoms with Crippen molar-refractivity contribution in [1.82, 2.24) is 10.1 Å². The molecule has 0 saturated heterocycles. The van der Waals surface area contributed by atoms with Crippen molar-refractivity contribution in [1.29, 1.82) is 0 Å². The third-order valence-corrected chi connectivity index (χ3v) is 5.25. The standard InChI is InChI=1S/C13H15N3OS/c14-11-4-3-10(18-11)13-15-12(16-17-13)9-6-7-1-2-8(9)5-7/h3-4,7-9H,1-2,5-6,14H2. The smallest absolute Gasteiger partial charge is 0.268 e. The van der Waals surface area contributed by atoms with E-state index in [1.807, 2.05) is 12.1 Å². The quantitative estimate of drug-likeness (QED) is 0.901. The minimum Gasteiger partial charge on any atom is -0.391 e. The lowest BCUT2D eigenvalue weighted by Gasteiger charge is -2.17. The molecule has 18 heavy (non-hydrogen) atoms. The summed E-state index contributed by atoms with van der Waals surface area (Å²) in [5.74, 6) is 3.74. The van der Waals surface area contributed by atoms with Gasteiger partial charge in [0.2, 0.25) is 0 Å². The molecule has 2 aromatic rings. The zero-order chi connectivity index (χ0) is 12.1. The predicted molar refractivity (Wildman–Crippen MR) is 70.2 cm³/mol. The van der Waals surface area contributed by atoms with E-state index in [0.29, 0.717) is 11.8 Å². The summed E-state index contributed by atoms with van der Waals surface area (Å²) in [6.07, 6.45) is 5.34. The maximum atomic E-state index is 5.72. The molecule has 2 N–H and O–H groups in total. The van der Waals surface area contributed by atoms with Crippen LogP contribution in [0.3, 0.4) is 0 Å². The maximum absolute atomic E-state index is 5.72. The van der Waals surface area contributed by atoms with Crippen molar-refractivity contribution >= 4 is 16.3 Å². The largest absolute Gasteiger partial charge is 0.391 e. The van der Waals surface area contributed by atoms with Crippen molar-refractivity contribution in [2.24, 2.45) is 11.8 Å². The van der Waals surface area contributed by atoms with Crippen LogP contribution >= 0.6 is 11.3 Å². The van der Waals surface area contributed by atoms with Crippen LogP contribution in [-0.4, -0.2) is 10.1 Å². The van der Waals surface area contributed by atoms with Gasteiger partial charge in [-0.15, -0.1) is 11.3 Å². The Morgan fingerprint density at radius 3 is 2.89 bits per heavy atom. The molecule has 0 amide bonds. The number of nitrogen functional groups attached to an aromatic ring is 1. The Balaban J connectivity index is 1.62. The average molecular weight is 261 g/mol. The molecule has 4 rings (SSSR count). The number of anilines is 1. The van der Waals surface area contributed by atoms with Crippen LogP contribution in [0.5, 0.6) is 0 Å². The summed E-state index contributed by atoms with van der Waals surface area (Å²) in [7, 11) is 0. The normalized spacial score (nSPS) is 30.1. The van der Waals surface area contributed by atoms with E-state index < -0.39 is 0 Å². The fraction of sp³-hybridized carbons (Fsp3) is 0.538. The maximum Gasteiger partial charge on any atom is 0.268 e. The molecule has 2 heterocycles. The van der Waals surface area contributed by atoms with Crippen LogP contribution in [0.4, 0.5) is 5.00 Å². The third-order valence-electron chi connectivity index (χ3n) is 4.35. The highest BCUT2D eigenvalue weighted by Crippen LogP contribution is 2.52. The van der Waals surface area contributed by atoms with Crippen molar-refractivity contribution in [3.05, 3.63) is 18.0 Å². The van der Waals surface area contributed by atoms with Gasteiger partial charge in [0, 0.05) is 5.92 Å². The molecule has 2 aromatic heterocycles. The van der Waals surface area contributed by atoms with Crippen LogP contribution in [0.1, 0.15) is 37.4 Å². The van der Waals surface area contributed by atoms with Gasteiger partial charge >= 0.3 is 0 Å². The van der Waals surface area contributed by atoms with E-state index in [4.69, 9.17) is 10.3 Å². The van der Waals surface area contributed by atoms with E-state index in [2.05, 4.69) is 10.1 Å². The highest BCUT2D eigenvalue weighted by Gasteiger charge is 2.42. The zero-order valence-corrected chi connectivity index (χ0v) is 10.8. The molecule has 2 fully saturated rings. The molecule has 0 radical (unpaired) electrons. The van der Waals surface area contributed by atoms with Gasteiger partial charge in [0.15, 0.2) is 5.82 Å². The molecule has 3 unspecified atom stereocenters. The number of aromatic nitrogens is 2. The lowest BCUT2D eigenvalue weighted by molar-refractivity contribution is 0.372. The molecule has 0 aliphatic heterocycles. The lowest BCUT2D eigenvalue weighted by atomic mass is 9.88. The van der Waals surface area contributed by atoms with Gasteiger partial charge in [-0.25, -0.2) is 0 Å². The monoisotopic (exact) mass is 261 g/mol. The molecular weight excluding hydrogens is 246 g/mol. The van der Waals surface area contributed by atoms with Crippen LogP contribution in [0.2, 0.25) is 0 Å². The molecule has 2 saturated carbocycles. The molecular formula is C13H15N3OS. The number of thiophene rings is 1. The number of rotatable bonds is 2. The Kier molecular flexibility index (Phi) is 2.24. The minimum absolute atomic E-state index is 0.526. The second kappa shape index (κ2) is 3.82. The van der Waals surface area contributed by atoms with E-state index in [0.717, 1.165) is 27.5 Å². The summed E-state index contributed by atoms with van der Waals surface area (Å²) < 4.78 is 5.38. The number of hydrogen-bond donors (Lipinski definition) is 1. The highest BCUT2D eigenvalue weighted by molar-refractivity contribution is 7.19. The van der Waals surface area contributed by atoms with Crippen LogP contribution in [0, 0.1) is 11.8 Å². The van der Waals surface area contributed by atoms with Crippen LogP contribution in [0.15, 0.2) is 16.7 Å². The molecule has 3 atom stereocenters. The topological polar surface area (TPSA) is 64.9 Å². The van der Waals surface area contributed by atoms with Gasteiger partial charge in [0.05, 0.1) is 9.88 Å². The second-order valence-corrected chi connectivity index (χ2v) is 6.56. The zero-order valence-electron chi connectivity index (χ0n) is 10.0. The summed E-state index contributed by atoms with van der Waals surface area (Å²) in [6, 6.07) is 3.82. The number of fused-ring (bicyclic) bond motifs is 2. The van der Waals surface area contributed by atoms with Crippen molar-refractivity contribution in [2.75, 3.05) is 5.73 Å². The van der Waals surface area contributed by atoms with Gasteiger partial charge in [-0.2, -0.15) is 4.98 Å². The van der Waals surface area contributed by atoms with Crippen molar-refractivity contribution in [3.8, 4) is 10.8 Å². The van der Waals surface area contributed by atoms with Crippen LogP contribution < -0.4 is 5.73 Å². The van der Waals surface area contributed by atoms with Gasteiger partial charge < -0.3 is 10.3 Å². The molecule has 2 aliphatic carbocycles. The minimum atomic E-state index is 0.526. The lowest BCUT2D eigenvalue weighted by Crippen LogP contribution is -2.09. The molecule has 4 nitrogen and oxygen atoms in total. The third kappa shape index (κ3) is 1.57. The summed E-state index contributed by atoms with van der Waals surface area (Å²) in [4.78, 5) is 5.54. The van der Waals surface area contributed by atoms with Crippen LogP contribution in [-0.2, 0) is 0 Å². The second-order valence-electron chi connectivity index (χ2n) is 5.44. The number of nitrogens with two attached hydrogens (primary N) is 1. The SMILES string of the molecule is Nc1ccc(-c2nc(C3CC4CCC3C4)no2)s1. The Morgan fingerprint density at radius 2 is 2.22 bits per heavy atom. The fourth-order valence-electron chi connectivity index (χ4n) is 3.51. The number of hydrogen-bond acceptors (Lipinski definition) is 5. The predicted octanol–water partition coefficient (Wildman–Crippen LogP) is 3.28. The van der Waals surface area contributed by atoms with Gasteiger partial charge in [-0.05, 0) is 43.2 Å².